The van der Waals surface area contributed by atoms with Crippen molar-refractivity contribution in [2.24, 2.45) is 5.92 Å². The van der Waals surface area contributed by atoms with Gasteiger partial charge in [0.1, 0.15) is 24.0 Å². The van der Waals surface area contributed by atoms with Crippen molar-refractivity contribution in [3.8, 4) is 6.07 Å². The van der Waals surface area contributed by atoms with Gasteiger partial charge in [0.2, 0.25) is 5.91 Å². The third-order valence-electron chi connectivity index (χ3n) is 4.70. The van der Waals surface area contributed by atoms with E-state index in [1.54, 1.807) is 18.2 Å². The molecule has 1 amide bonds. The van der Waals surface area contributed by atoms with Gasteiger partial charge in [-0.3, -0.25) is 9.59 Å². The van der Waals surface area contributed by atoms with Crippen LogP contribution in [-0.4, -0.2) is 25.3 Å². The first-order valence-electron chi connectivity index (χ1n) is 8.52. The van der Waals surface area contributed by atoms with Gasteiger partial charge in [0.05, 0.1) is 11.3 Å². The molecule has 0 aromatic heterocycles. The summed E-state index contributed by atoms with van der Waals surface area (Å²) in [6, 6.07) is 10.4. The van der Waals surface area contributed by atoms with Crippen LogP contribution in [0.25, 0.3) is 0 Å². The molecule has 2 aromatic rings. The van der Waals surface area contributed by atoms with Gasteiger partial charge in [-0.15, -0.1) is 0 Å². The second kappa shape index (κ2) is 7.96. The molecule has 0 saturated carbocycles. The maximum absolute atomic E-state index is 13.9. The number of carbonyl (C=O) groups is 2. The van der Waals surface area contributed by atoms with Crippen LogP contribution in [-0.2, 0) is 4.79 Å². The van der Waals surface area contributed by atoms with E-state index in [2.05, 4.69) is 10.2 Å². The Labute approximate surface area is 155 Å². The average Bonchev–Trinajstić information content (AvgIpc) is 2.70. The number of rotatable bonds is 4. The van der Waals surface area contributed by atoms with Gasteiger partial charge in [0.15, 0.2) is 0 Å². The Hall–Kier alpha value is -3.27. The van der Waals surface area contributed by atoms with Crippen molar-refractivity contribution in [2.45, 2.75) is 12.8 Å². The summed E-state index contributed by atoms with van der Waals surface area (Å²) in [4.78, 5) is 25.2. The Bertz CT molecular complexity index is 899. The Balaban J connectivity index is 1.61. The molecule has 0 unspecified atom stereocenters. The lowest BCUT2D eigenvalue weighted by Gasteiger charge is -2.33. The quantitative estimate of drug-likeness (QED) is 0.837. The van der Waals surface area contributed by atoms with Crippen molar-refractivity contribution in [3.63, 3.8) is 0 Å². The molecule has 0 atom stereocenters. The first-order chi connectivity index (χ1) is 13.0. The lowest BCUT2D eigenvalue weighted by Crippen LogP contribution is -2.38. The first-order valence-corrected chi connectivity index (χ1v) is 8.52. The van der Waals surface area contributed by atoms with Crippen molar-refractivity contribution in [2.75, 3.05) is 23.3 Å². The molecule has 1 fully saturated rings. The van der Waals surface area contributed by atoms with Crippen LogP contribution in [0.5, 0.6) is 0 Å². The zero-order valence-corrected chi connectivity index (χ0v) is 14.4. The van der Waals surface area contributed by atoms with E-state index >= 15 is 0 Å². The van der Waals surface area contributed by atoms with Crippen molar-refractivity contribution in [1.82, 2.24) is 0 Å². The molecule has 1 saturated heterocycles. The second-order valence-corrected chi connectivity index (χ2v) is 6.38. The second-order valence-electron chi connectivity index (χ2n) is 6.38. The third-order valence-corrected chi connectivity index (χ3v) is 4.70. The molecule has 0 bridgehead atoms. The highest BCUT2D eigenvalue weighted by atomic mass is 19.1. The molecular weight excluding hydrogens is 352 g/mol. The molecule has 1 N–H and O–H groups in total. The highest BCUT2D eigenvalue weighted by molar-refractivity contribution is 5.93. The smallest absolute Gasteiger partial charge is 0.227 e. The highest BCUT2D eigenvalue weighted by Gasteiger charge is 2.26. The Kier molecular flexibility index (Phi) is 5.46. The molecule has 1 aliphatic rings. The van der Waals surface area contributed by atoms with Gasteiger partial charge in [0, 0.05) is 36.3 Å². The highest BCUT2D eigenvalue weighted by Crippen LogP contribution is 2.26. The number of hydrogen-bond donors (Lipinski definition) is 1. The predicted octanol–water partition coefficient (Wildman–Crippen LogP) is 3.50. The van der Waals surface area contributed by atoms with Gasteiger partial charge in [-0.25, -0.2) is 8.78 Å². The lowest BCUT2D eigenvalue weighted by atomic mass is 9.95. The Morgan fingerprint density at radius 3 is 2.41 bits per heavy atom. The molecule has 1 heterocycles. The fourth-order valence-electron chi connectivity index (χ4n) is 3.13. The van der Waals surface area contributed by atoms with Crippen LogP contribution in [0.3, 0.4) is 0 Å². The van der Waals surface area contributed by atoms with E-state index in [9.17, 15) is 18.4 Å². The maximum Gasteiger partial charge on any atom is 0.227 e. The number of aldehydes is 1. The molecule has 2 aromatic carbocycles. The Morgan fingerprint density at radius 1 is 1.15 bits per heavy atom. The van der Waals surface area contributed by atoms with Crippen LogP contribution in [0.1, 0.15) is 28.8 Å². The predicted molar refractivity (Wildman–Crippen MR) is 96.5 cm³/mol. The Morgan fingerprint density at radius 2 is 1.81 bits per heavy atom. The van der Waals surface area contributed by atoms with Crippen LogP contribution in [0.15, 0.2) is 36.4 Å². The molecule has 138 valence electrons. The van der Waals surface area contributed by atoms with Crippen LogP contribution in [0, 0.1) is 28.9 Å². The number of halogens is 2. The van der Waals surface area contributed by atoms with Gasteiger partial charge >= 0.3 is 0 Å². The number of piperidine rings is 1. The average molecular weight is 369 g/mol. The summed E-state index contributed by atoms with van der Waals surface area (Å²) in [5.41, 5.74) is 0.909. The number of nitrogens with zero attached hydrogens (tertiary/aromatic N) is 2. The minimum Gasteiger partial charge on any atom is -0.371 e. The zero-order valence-electron chi connectivity index (χ0n) is 14.4. The number of hydrogen-bond acceptors (Lipinski definition) is 4. The number of carbonyl (C=O) groups excluding carboxylic acids is 2. The van der Waals surface area contributed by atoms with Crippen molar-refractivity contribution < 1.29 is 18.4 Å². The minimum absolute atomic E-state index is 0.261. The third kappa shape index (κ3) is 4.11. The molecule has 27 heavy (non-hydrogen) atoms. The van der Waals surface area contributed by atoms with Crippen molar-refractivity contribution in [3.05, 3.63) is 59.2 Å². The normalized spacial score (nSPS) is 14.5. The van der Waals surface area contributed by atoms with Crippen LogP contribution < -0.4 is 10.2 Å². The van der Waals surface area contributed by atoms with Crippen LogP contribution in [0.4, 0.5) is 20.2 Å². The van der Waals surface area contributed by atoms with Crippen LogP contribution >= 0.6 is 0 Å². The summed E-state index contributed by atoms with van der Waals surface area (Å²) in [5.74, 6) is -2.39. The SMILES string of the molecule is N#Cc1cc(F)c(NC(=O)C2CCN(c3ccc(C=O)cc3)CC2)cc1F. The summed E-state index contributed by atoms with van der Waals surface area (Å²) >= 11 is 0. The van der Waals surface area contributed by atoms with Crippen molar-refractivity contribution in [1.29, 1.82) is 5.26 Å². The van der Waals surface area contributed by atoms with Gasteiger partial charge < -0.3 is 10.2 Å². The maximum atomic E-state index is 13.9. The van der Waals surface area contributed by atoms with Gasteiger partial charge in [-0.1, -0.05) is 0 Å². The number of nitrogens with one attached hydrogen (secondary N) is 1. The molecule has 0 spiro atoms. The summed E-state index contributed by atoms with van der Waals surface area (Å²) in [5, 5.41) is 11.1. The molecule has 0 radical (unpaired) electrons. The van der Waals surface area contributed by atoms with Gasteiger partial charge in [-0.05, 0) is 43.2 Å². The topological polar surface area (TPSA) is 73.2 Å². The van der Waals surface area contributed by atoms with Crippen LogP contribution in [0.2, 0.25) is 0 Å². The fraction of sp³-hybridized carbons (Fsp3) is 0.250. The first kappa shape index (κ1) is 18.5. The van der Waals surface area contributed by atoms with E-state index in [-0.39, 0.29) is 17.5 Å². The van der Waals surface area contributed by atoms with E-state index in [0.717, 1.165) is 24.1 Å². The summed E-state index contributed by atoms with van der Waals surface area (Å²) in [6.07, 6.45) is 1.93. The standard InChI is InChI=1S/C20H17F2N3O2/c21-17-10-19(18(22)9-15(17)11-23)24-20(27)14-5-7-25(8-6-14)16-3-1-13(12-26)2-4-16/h1-4,9-10,12,14H,5-8H2,(H,24,27). The number of benzene rings is 2. The van der Waals surface area contributed by atoms with Gasteiger partial charge in [0.25, 0.3) is 0 Å². The van der Waals surface area contributed by atoms with E-state index in [0.29, 0.717) is 31.5 Å². The zero-order chi connectivity index (χ0) is 19.4. The molecule has 7 heteroatoms. The summed E-state index contributed by atoms with van der Waals surface area (Å²) in [7, 11) is 0. The van der Waals surface area contributed by atoms with E-state index in [4.69, 9.17) is 5.26 Å². The van der Waals surface area contributed by atoms with Crippen molar-refractivity contribution >= 4 is 23.6 Å². The number of nitriles is 1. The number of anilines is 2. The monoisotopic (exact) mass is 369 g/mol. The molecule has 0 aliphatic carbocycles. The summed E-state index contributed by atoms with van der Waals surface area (Å²) < 4.78 is 27.6. The van der Waals surface area contributed by atoms with Gasteiger partial charge in [-0.2, -0.15) is 5.26 Å². The number of amides is 1. The van der Waals surface area contributed by atoms with E-state index < -0.39 is 17.2 Å². The molecular formula is C20H17F2N3O2. The molecule has 1 aliphatic heterocycles. The molecule has 5 nitrogen and oxygen atoms in total. The summed E-state index contributed by atoms with van der Waals surface area (Å²) in [6.45, 7) is 1.28. The molecule has 3 rings (SSSR count). The largest absolute Gasteiger partial charge is 0.371 e. The minimum atomic E-state index is -0.872. The van der Waals surface area contributed by atoms with E-state index in [1.165, 1.54) is 0 Å². The van der Waals surface area contributed by atoms with E-state index in [1.807, 2.05) is 12.1 Å². The fourth-order valence-corrected chi connectivity index (χ4v) is 3.13. The lowest BCUT2D eigenvalue weighted by molar-refractivity contribution is -0.120.